The monoisotopic (exact) mass is 408 g/mol. The van der Waals surface area contributed by atoms with Crippen molar-refractivity contribution >= 4 is 33.2 Å². The van der Waals surface area contributed by atoms with E-state index in [0.717, 1.165) is 17.5 Å². The maximum Gasteiger partial charge on any atom is 0.265 e. The third-order valence-electron chi connectivity index (χ3n) is 4.54. The molecule has 1 aliphatic rings. The van der Waals surface area contributed by atoms with Crippen LogP contribution in [0.5, 0.6) is 5.75 Å². The van der Waals surface area contributed by atoms with E-state index < -0.39 is 10.0 Å². The number of rotatable bonds is 5. The Hall–Kier alpha value is -2.25. The lowest BCUT2D eigenvalue weighted by molar-refractivity contribution is -0.131. The van der Waals surface area contributed by atoms with Gasteiger partial charge in [0.15, 0.2) is 0 Å². The molecule has 0 unspecified atom stereocenters. The molecule has 0 aliphatic carbocycles. The number of nitrogens with one attached hydrogen (secondary N) is 1. The van der Waals surface area contributed by atoms with E-state index >= 15 is 0 Å². The smallest absolute Gasteiger partial charge is 0.265 e. The number of carbonyl (C=O) groups excluding carboxylic acids is 1. The molecule has 0 atom stereocenters. The highest BCUT2D eigenvalue weighted by molar-refractivity contribution is 7.92. The molecule has 8 heteroatoms. The first-order chi connectivity index (χ1) is 12.8. The van der Waals surface area contributed by atoms with E-state index in [1.54, 1.807) is 23.1 Å². The third-order valence-corrected chi connectivity index (χ3v) is 6.18. The van der Waals surface area contributed by atoms with E-state index in [9.17, 15) is 13.2 Å². The minimum atomic E-state index is -3.88. The lowest BCUT2D eigenvalue weighted by Gasteiger charge is -2.29. The standard InChI is InChI=1S/C19H21ClN2O4S/c1-3-19(23)22-9-8-13-4-6-16(10-14(13)12-22)21-27(24,25)18-11-15(20)5-7-17(18)26-2/h4-7,10-11,21H,3,8-9,12H2,1-2H3. The summed E-state index contributed by atoms with van der Waals surface area (Å²) in [5.74, 6) is 0.305. The van der Waals surface area contributed by atoms with Crippen LogP contribution in [0.3, 0.4) is 0 Å². The summed E-state index contributed by atoms with van der Waals surface area (Å²) >= 11 is 5.95. The van der Waals surface area contributed by atoms with E-state index in [0.29, 0.717) is 30.2 Å². The van der Waals surface area contributed by atoms with Crippen LogP contribution in [0, 0.1) is 0 Å². The van der Waals surface area contributed by atoms with E-state index in [2.05, 4.69) is 4.72 Å². The second-order valence-electron chi connectivity index (χ2n) is 6.30. The van der Waals surface area contributed by atoms with E-state index in [-0.39, 0.29) is 16.6 Å². The van der Waals surface area contributed by atoms with Gasteiger partial charge in [-0.15, -0.1) is 0 Å². The fraction of sp³-hybridized carbons (Fsp3) is 0.316. The van der Waals surface area contributed by atoms with Gasteiger partial charge in [-0.1, -0.05) is 24.6 Å². The van der Waals surface area contributed by atoms with Gasteiger partial charge in [0, 0.05) is 30.2 Å². The number of benzene rings is 2. The first-order valence-corrected chi connectivity index (χ1v) is 10.5. The minimum absolute atomic E-state index is 0.0296. The summed E-state index contributed by atoms with van der Waals surface area (Å²) in [6.07, 6.45) is 1.21. The molecular weight excluding hydrogens is 388 g/mol. The molecule has 1 N–H and O–H groups in total. The Kier molecular flexibility index (Phi) is 5.62. The fourth-order valence-corrected chi connectivity index (χ4v) is 4.61. The van der Waals surface area contributed by atoms with Gasteiger partial charge in [0.2, 0.25) is 5.91 Å². The molecule has 0 saturated heterocycles. The number of hydrogen-bond acceptors (Lipinski definition) is 4. The van der Waals surface area contributed by atoms with Crippen molar-refractivity contribution in [3.8, 4) is 5.75 Å². The first-order valence-electron chi connectivity index (χ1n) is 8.60. The summed E-state index contributed by atoms with van der Waals surface area (Å²) in [5, 5.41) is 0.301. The number of carbonyl (C=O) groups is 1. The second-order valence-corrected chi connectivity index (χ2v) is 8.39. The van der Waals surface area contributed by atoms with Gasteiger partial charge in [0.05, 0.1) is 7.11 Å². The van der Waals surface area contributed by atoms with Gasteiger partial charge >= 0.3 is 0 Å². The number of anilines is 1. The average molecular weight is 409 g/mol. The van der Waals surface area contributed by atoms with Crippen LogP contribution in [0.2, 0.25) is 5.02 Å². The minimum Gasteiger partial charge on any atom is -0.495 e. The molecule has 1 heterocycles. The molecule has 0 bridgehead atoms. The lowest BCUT2D eigenvalue weighted by Crippen LogP contribution is -2.35. The zero-order valence-electron chi connectivity index (χ0n) is 15.2. The summed E-state index contributed by atoms with van der Waals surface area (Å²) < 4.78 is 33.3. The van der Waals surface area contributed by atoms with Crippen LogP contribution in [-0.4, -0.2) is 32.9 Å². The Morgan fingerprint density at radius 1 is 1.22 bits per heavy atom. The van der Waals surface area contributed by atoms with E-state index in [1.807, 2.05) is 13.0 Å². The molecule has 144 valence electrons. The molecule has 1 aliphatic heterocycles. The molecular formula is C19H21ClN2O4S. The van der Waals surface area contributed by atoms with Gasteiger partial charge in [0.25, 0.3) is 10.0 Å². The second kappa shape index (κ2) is 7.78. The molecule has 6 nitrogen and oxygen atoms in total. The fourth-order valence-electron chi connectivity index (χ4n) is 3.13. The number of hydrogen-bond donors (Lipinski definition) is 1. The Bertz CT molecular complexity index is 976. The lowest BCUT2D eigenvalue weighted by atomic mass is 9.99. The highest BCUT2D eigenvalue weighted by Crippen LogP contribution is 2.30. The topological polar surface area (TPSA) is 75.7 Å². The van der Waals surface area contributed by atoms with Gasteiger partial charge in [-0.25, -0.2) is 8.42 Å². The molecule has 0 aromatic heterocycles. The van der Waals surface area contributed by atoms with E-state index in [1.165, 1.54) is 19.2 Å². The maximum absolute atomic E-state index is 12.8. The van der Waals surface area contributed by atoms with Gasteiger partial charge < -0.3 is 9.64 Å². The largest absolute Gasteiger partial charge is 0.495 e. The summed E-state index contributed by atoms with van der Waals surface area (Å²) in [6, 6.07) is 9.83. The van der Waals surface area contributed by atoms with Crippen molar-refractivity contribution < 1.29 is 17.9 Å². The van der Waals surface area contributed by atoms with Crippen LogP contribution in [0.4, 0.5) is 5.69 Å². The number of methoxy groups -OCH3 is 1. The molecule has 0 saturated carbocycles. The van der Waals surface area contributed by atoms with Crippen LogP contribution in [0.15, 0.2) is 41.3 Å². The van der Waals surface area contributed by atoms with Crippen LogP contribution < -0.4 is 9.46 Å². The van der Waals surface area contributed by atoms with Gasteiger partial charge in [-0.3, -0.25) is 9.52 Å². The van der Waals surface area contributed by atoms with E-state index in [4.69, 9.17) is 16.3 Å². The van der Waals surface area contributed by atoms with Crippen LogP contribution in [-0.2, 0) is 27.8 Å². The molecule has 2 aromatic carbocycles. The Morgan fingerprint density at radius 2 is 2.00 bits per heavy atom. The molecule has 0 spiro atoms. The van der Waals surface area contributed by atoms with Crippen molar-refractivity contribution in [3.05, 3.63) is 52.5 Å². The maximum atomic E-state index is 12.8. The van der Waals surface area contributed by atoms with Crippen LogP contribution >= 0.6 is 11.6 Å². The van der Waals surface area contributed by atoms with Crippen molar-refractivity contribution in [2.24, 2.45) is 0 Å². The van der Waals surface area contributed by atoms with Crippen molar-refractivity contribution in [1.82, 2.24) is 4.90 Å². The Morgan fingerprint density at radius 3 is 2.70 bits per heavy atom. The van der Waals surface area contributed by atoms with Gasteiger partial charge in [-0.2, -0.15) is 0 Å². The molecule has 2 aromatic rings. The normalized spacial score (nSPS) is 13.8. The van der Waals surface area contributed by atoms with Crippen molar-refractivity contribution in [2.75, 3.05) is 18.4 Å². The third kappa shape index (κ3) is 4.20. The Balaban J connectivity index is 1.89. The predicted molar refractivity (Wildman–Crippen MR) is 105 cm³/mol. The van der Waals surface area contributed by atoms with Crippen LogP contribution in [0.1, 0.15) is 24.5 Å². The number of halogens is 1. The molecule has 0 radical (unpaired) electrons. The van der Waals surface area contributed by atoms with Crippen molar-refractivity contribution in [3.63, 3.8) is 0 Å². The van der Waals surface area contributed by atoms with Crippen molar-refractivity contribution in [2.45, 2.75) is 31.2 Å². The number of sulfonamides is 1. The quantitative estimate of drug-likeness (QED) is 0.822. The zero-order chi connectivity index (χ0) is 19.6. The Labute approximate surface area is 164 Å². The summed E-state index contributed by atoms with van der Waals surface area (Å²) in [5.41, 5.74) is 2.50. The SMILES string of the molecule is CCC(=O)N1CCc2ccc(NS(=O)(=O)c3cc(Cl)ccc3OC)cc2C1. The number of fused-ring (bicyclic) bond motifs is 1. The number of nitrogens with zero attached hydrogens (tertiary/aromatic N) is 1. The zero-order valence-corrected chi connectivity index (χ0v) is 16.7. The van der Waals surface area contributed by atoms with Crippen molar-refractivity contribution in [1.29, 1.82) is 0 Å². The highest BCUT2D eigenvalue weighted by Gasteiger charge is 2.23. The molecule has 3 rings (SSSR count). The van der Waals surface area contributed by atoms with Crippen LogP contribution in [0.25, 0.3) is 0 Å². The predicted octanol–water partition coefficient (Wildman–Crippen LogP) is 3.44. The number of amides is 1. The summed E-state index contributed by atoms with van der Waals surface area (Å²) in [6.45, 7) is 3.00. The summed E-state index contributed by atoms with van der Waals surface area (Å²) in [7, 11) is -2.48. The molecule has 1 amide bonds. The van der Waals surface area contributed by atoms with Gasteiger partial charge in [0.1, 0.15) is 10.6 Å². The average Bonchev–Trinajstić information content (AvgIpc) is 2.66. The molecule has 27 heavy (non-hydrogen) atoms. The van der Waals surface area contributed by atoms with Gasteiger partial charge in [-0.05, 0) is 47.9 Å². The molecule has 0 fully saturated rings. The summed E-state index contributed by atoms with van der Waals surface area (Å²) in [4.78, 5) is 13.7. The highest BCUT2D eigenvalue weighted by atomic mass is 35.5. The number of ether oxygens (including phenoxy) is 1. The first kappa shape index (κ1) is 19.5.